The number of carbonyl (C=O) groups is 1. The molecule has 1 saturated heterocycles. The lowest BCUT2D eigenvalue weighted by Crippen LogP contribution is -2.47. The van der Waals surface area contributed by atoms with Crippen LogP contribution in [0.4, 0.5) is 14.6 Å². The maximum absolute atomic E-state index is 13.6. The van der Waals surface area contributed by atoms with E-state index in [9.17, 15) is 13.6 Å². The van der Waals surface area contributed by atoms with Crippen molar-refractivity contribution in [2.45, 2.75) is 44.7 Å². The number of aryl methyl sites for hydroxylation is 1. The molecule has 9 heteroatoms. The van der Waals surface area contributed by atoms with Crippen LogP contribution in [-0.4, -0.2) is 57.7 Å². The molecule has 2 aliphatic rings. The highest BCUT2D eigenvalue weighted by atomic mass is 19.3. The summed E-state index contributed by atoms with van der Waals surface area (Å²) in [6, 6.07) is 4.38. The second kappa shape index (κ2) is 8.34. The van der Waals surface area contributed by atoms with Gasteiger partial charge in [0.25, 0.3) is 12.3 Å². The van der Waals surface area contributed by atoms with Crippen molar-refractivity contribution in [2.75, 3.05) is 25.0 Å². The number of nitrogens with one attached hydrogen (secondary N) is 1. The van der Waals surface area contributed by atoms with E-state index in [2.05, 4.69) is 15.4 Å². The first-order valence-corrected chi connectivity index (χ1v) is 9.92. The van der Waals surface area contributed by atoms with Gasteiger partial charge in [-0.2, -0.15) is 5.10 Å². The maximum atomic E-state index is 13.6. The molecule has 2 aliphatic heterocycles. The topological polar surface area (TPSA) is 72.3 Å². The molecule has 1 fully saturated rings. The van der Waals surface area contributed by atoms with Crippen LogP contribution in [0.5, 0.6) is 5.75 Å². The van der Waals surface area contributed by atoms with Gasteiger partial charge in [0.15, 0.2) is 6.61 Å². The SMILES string of the molecule is Cc1cc2n(n1)[C@@H](C(F)F)C[C@@H](C1CCN(C(=O)COc3cccnc3)CC1)N2. The lowest BCUT2D eigenvalue weighted by molar-refractivity contribution is -0.134. The second-order valence-electron chi connectivity index (χ2n) is 7.70. The van der Waals surface area contributed by atoms with Crippen LogP contribution < -0.4 is 10.1 Å². The number of halogens is 2. The maximum Gasteiger partial charge on any atom is 0.260 e. The van der Waals surface area contributed by atoms with Gasteiger partial charge in [-0.05, 0) is 44.2 Å². The van der Waals surface area contributed by atoms with Gasteiger partial charge in [0, 0.05) is 31.4 Å². The lowest BCUT2D eigenvalue weighted by Gasteiger charge is -2.40. The molecule has 0 bridgehead atoms. The van der Waals surface area contributed by atoms with Crippen LogP contribution >= 0.6 is 0 Å². The predicted molar refractivity (Wildman–Crippen MR) is 103 cm³/mol. The molecule has 4 heterocycles. The summed E-state index contributed by atoms with van der Waals surface area (Å²) in [5.74, 6) is 1.39. The van der Waals surface area contributed by atoms with E-state index in [1.54, 1.807) is 29.4 Å². The van der Waals surface area contributed by atoms with Gasteiger partial charge in [-0.3, -0.25) is 9.78 Å². The van der Waals surface area contributed by atoms with Crippen LogP contribution in [0.3, 0.4) is 0 Å². The normalized spacial score (nSPS) is 22.3. The van der Waals surface area contributed by atoms with E-state index in [1.165, 1.54) is 4.68 Å². The Balaban J connectivity index is 1.32. The van der Waals surface area contributed by atoms with E-state index in [-0.39, 0.29) is 24.5 Å². The number of amides is 1. The van der Waals surface area contributed by atoms with Crippen LogP contribution in [0.15, 0.2) is 30.6 Å². The summed E-state index contributed by atoms with van der Waals surface area (Å²) in [6.45, 7) is 3.00. The number of piperidine rings is 1. The van der Waals surface area contributed by atoms with Crippen molar-refractivity contribution in [1.82, 2.24) is 19.7 Å². The molecular weight excluding hydrogens is 380 g/mol. The number of rotatable bonds is 5. The first-order valence-electron chi connectivity index (χ1n) is 9.92. The Morgan fingerprint density at radius 3 is 2.86 bits per heavy atom. The minimum absolute atomic E-state index is 0.0239. The predicted octanol–water partition coefficient (Wildman–Crippen LogP) is 2.89. The molecule has 4 rings (SSSR count). The fourth-order valence-electron chi connectivity index (χ4n) is 4.23. The van der Waals surface area contributed by atoms with Crippen molar-refractivity contribution in [3.63, 3.8) is 0 Å². The summed E-state index contributed by atoms with van der Waals surface area (Å²) in [4.78, 5) is 18.2. The van der Waals surface area contributed by atoms with E-state index in [0.717, 1.165) is 18.5 Å². The molecular formula is C20H25F2N5O2. The number of alkyl halides is 2. The van der Waals surface area contributed by atoms with E-state index >= 15 is 0 Å². The second-order valence-corrected chi connectivity index (χ2v) is 7.70. The number of ether oxygens (including phenoxy) is 1. The van der Waals surface area contributed by atoms with Crippen LogP contribution in [0, 0.1) is 12.8 Å². The van der Waals surface area contributed by atoms with Gasteiger partial charge < -0.3 is 15.0 Å². The smallest absolute Gasteiger partial charge is 0.260 e. The van der Waals surface area contributed by atoms with Crippen molar-refractivity contribution in [2.24, 2.45) is 5.92 Å². The van der Waals surface area contributed by atoms with Gasteiger partial charge in [0.2, 0.25) is 0 Å². The van der Waals surface area contributed by atoms with E-state index in [1.807, 2.05) is 13.0 Å². The van der Waals surface area contributed by atoms with Gasteiger partial charge in [-0.25, -0.2) is 13.5 Å². The molecule has 29 heavy (non-hydrogen) atoms. The Kier molecular flexibility index (Phi) is 5.64. The van der Waals surface area contributed by atoms with Gasteiger partial charge in [-0.1, -0.05) is 0 Å². The first kappa shape index (κ1) is 19.6. The van der Waals surface area contributed by atoms with E-state index < -0.39 is 12.5 Å². The number of aromatic nitrogens is 3. The summed E-state index contributed by atoms with van der Waals surface area (Å²) < 4.78 is 34.1. The van der Waals surface area contributed by atoms with E-state index in [4.69, 9.17) is 4.74 Å². The Morgan fingerprint density at radius 1 is 1.38 bits per heavy atom. The standard InChI is InChI=1S/C20H25F2N5O2/c1-13-9-18-24-16(10-17(20(21)22)27(18)25-13)14-4-7-26(8-5-14)19(28)12-29-15-3-2-6-23-11-15/h2-3,6,9,11,14,16-17,20,24H,4-5,7-8,10,12H2,1H3/t16-,17+/m0/s1. The van der Waals surface area contributed by atoms with Gasteiger partial charge in [0.1, 0.15) is 17.6 Å². The number of pyridine rings is 1. The largest absolute Gasteiger partial charge is 0.482 e. The van der Waals surface area contributed by atoms with Crippen LogP contribution in [-0.2, 0) is 4.79 Å². The average molecular weight is 405 g/mol. The molecule has 156 valence electrons. The zero-order valence-electron chi connectivity index (χ0n) is 16.3. The van der Waals surface area contributed by atoms with Crippen LogP contribution in [0.1, 0.15) is 31.0 Å². The number of likely N-dealkylation sites (tertiary alicyclic amines) is 1. The minimum atomic E-state index is -2.45. The fraction of sp³-hybridized carbons (Fsp3) is 0.550. The lowest BCUT2D eigenvalue weighted by atomic mass is 9.85. The monoisotopic (exact) mass is 405 g/mol. The molecule has 1 N–H and O–H groups in total. The third-order valence-electron chi connectivity index (χ3n) is 5.75. The highest BCUT2D eigenvalue weighted by Gasteiger charge is 2.38. The quantitative estimate of drug-likeness (QED) is 0.828. The first-order chi connectivity index (χ1) is 14.0. The zero-order chi connectivity index (χ0) is 20.4. The van der Waals surface area contributed by atoms with Gasteiger partial charge in [0.05, 0.1) is 11.9 Å². The highest BCUT2D eigenvalue weighted by Crippen LogP contribution is 2.36. The van der Waals surface area contributed by atoms with Crippen molar-refractivity contribution >= 4 is 11.7 Å². The van der Waals surface area contributed by atoms with Crippen molar-refractivity contribution < 1.29 is 18.3 Å². The minimum Gasteiger partial charge on any atom is -0.482 e. The Hall–Kier alpha value is -2.71. The molecule has 7 nitrogen and oxygen atoms in total. The summed E-state index contributed by atoms with van der Waals surface area (Å²) in [6.07, 6.45) is 2.66. The number of nitrogens with zero attached hydrogens (tertiary/aromatic N) is 4. The molecule has 0 aliphatic carbocycles. The number of anilines is 1. The summed E-state index contributed by atoms with van der Waals surface area (Å²) >= 11 is 0. The number of hydrogen-bond donors (Lipinski definition) is 1. The molecule has 0 radical (unpaired) electrons. The Morgan fingerprint density at radius 2 is 2.17 bits per heavy atom. The highest BCUT2D eigenvalue weighted by molar-refractivity contribution is 5.77. The van der Waals surface area contributed by atoms with Crippen molar-refractivity contribution in [3.8, 4) is 5.75 Å². The molecule has 2 atom stereocenters. The Bertz CT molecular complexity index is 837. The van der Waals surface area contributed by atoms with Crippen molar-refractivity contribution in [1.29, 1.82) is 0 Å². The third kappa shape index (κ3) is 4.33. The van der Waals surface area contributed by atoms with E-state index in [0.29, 0.717) is 31.1 Å². The Labute approximate surface area is 168 Å². The number of hydrogen-bond acceptors (Lipinski definition) is 5. The summed E-state index contributed by atoms with van der Waals surface area (Å²) in [5.41, 5.74) is 0.729. The summed E-state index contributed by atoms with van der Waals surface area (Å²) in [7, 11) is 0. The molecule has 1 amide bonds. The molecule has 0 spiro atoms. The van der Waals surface area contributed by atoms with Crippen LogP contribution in [0.25, 0.3) is 0 Å². The molecule has 0 aromatic carbocycles. The third-order valence-corrected chi connectivity index (χ3v) is 5.75. The van der Waals surface area contributed by atoms with Crippen LogP contribution in [0.2, 0.25) is 0 Å². The molecule has 2 aromatic rings. The average Bonchev–Trinajstić information content (AvgIpc) is 3.12. The number of carbonyl (C=O) groups excluding carboxylic acids is 1. The summed E-state index contributed by atoms with van der Waals surface area (Å²) in [5, 5.41) is 7.61. The molecule has 2 aromatic heterocycles. The van der Waals surface area contributed by atoms with Crippen molar-refractivity contribution in [3.05, 3.63) is 36.3 Å². The fourth-order valence-corrected chi connectivity index (χ4v) is 4.23. The van der Waals surface area contributed by atoms with Gasteiger partial charge in [-0.15, -0.1) is 0 Å². The zero-order valence-corrected chi connectivity index (χ0v) is 16.3. The molecule has 0 unspecified atom stereocenters. The molecule has 0 saturated carbocycles. The number of fused-ring (bicyclic) bond motifs is 1. The van der Waals surface area contributed by atoms with Gasteiger partial charge >= 0.3 is 0 Å².